The molecule has 0 N–H and O–H groups in total. The maximum Gasteiger partial charge on any atom is 0.127 e. The number of hydrogen-bond acceptors (Lipinski definition) is 1. The Morgan fingerprint density at radius 1 is 0.227 bits per heavy atom. The van der Waals surface area contributed by atoms with Gasteiger partial charge in [0.25, 0.3) is 0 Å². The Balaban J connectivity index is 0.000000159. The van der Waals surface area contributed by atoms with Crippen LogP contribution in [0.1, 0.15) is 38.9 Å². The third-order valence-corrected chi connectivity index (χ3v) is 17.4. The number of hydrogen-bond donors (Lipinski definition) is 0. The first-order valence-electron chi connectivity index (χ1n) is 37.6. The van der Waals surface area contributed by atoms with Gasteiger partial charge in [-0.3, -0.25) is 0 Å². The molecular formula is C106H105F2NSi. The van der Waals surface area contributed by atoms with E-state index in [0.717, 1.165) is 44.3 Å². The minimum Gasteiger partial charge on any atom is -0.345 e. The van der Waals surface area contributed by atoms with Gasteiger partial charge in [-0.25, -0.2) is 8.78 Å². The SMILES string of the molecule is CN(c1ccccc1)c1ccccc1.C[Si](C)(C)C.Cc1c(F)cc(-c2ccccc2)cc1-c1ccccc1.Cc1cc(F)cc(-c2cccc3ccccc23)c1.Cc1ccc(-c2ccccc2)cc1.Cc1cccc(-c2ccccc2)c1.Cc1ccccc1.Cc1ccccc1.Cc1ccccc1-c1ccccc1. The molecule has 0 aromatic heterocycles. The minimum atomic E-state index is -0.611. The van der Waals surface area contributed by atoms with Gasteiger partial charge in [0, 0.05) is 26.5 Å². The van der Waals surface area contributed by atoms with E-state index < -0.39 is 8.07 Å². The number of benzene rings is 16. The summed E-state index contributed by atoms with van der Waals surface area (Å²) < 4.78 is 27.7. The molecule has 0 aliphatic heterocycles. The summed E-state index contributed by atoms with van der Waals surface area (Å²) in [6, 6.07) is 141. The maximum absolute atomic E-state index is 14.2. The van der Waals surface area contributed by atoms with Crippen LogP contribution in [-0.2, 0) is 0 Å². The molecule has 0 bridgehead atoms. The van der Waals surface area contributed by atoms with Gasteiger partial charge in [0.2, 0.25) is 0 Å². The molecule has 0 heterocycles. The summed E-state index contributed by atoms with van der Waals surface area (Å²) in [5.41, 5.74) is 24.3. The van der Waals surface area contributed by atoms with Crippen LogP contribution >= 0.6 is 0 Å². The molecule has 0 fully saturated rings. The van der Waals surface area contributed by atoms with Gasteiger partial charge in [-0.2, -0.15) is 0 Å². The number of rotatable bonds is 8. The van der Waals surface area contributed by atoms with Crippen LogP contribution in [0.3, 0.4) is 0 Å². The van der Waals surface area contributed by atoms with Gasteiger partial charge >= 0.3 is 0 Å². The van der Waals surface area contributed by atoms with Crippen LogP contribution in [0.5, 0.6) is 0 Å². The summed E-state index contributed by atoms with van der Waals surface area (Å²) in [5.74, 6) is -0.344. The Morgan fingerprint density at radius 3 is 1.00 bits per heavy atom. The molecule has 0 saturated carbocycles. The maximum atomic E-state index is 14.2. The molecule has 0 atom stereocenters. The molecule has 0 spiro atoms. The highest BCUT2D eigenvalue weighted by molar-refractivity contribution is 6.74. The Labute approximate surface area is 657 Å². The van der Waals surface area contributed by atoms with E-state index in [2.05, 4.69) is 315 Å². The highest BCUT2D eigenvalue weighted by atomic mass is 28.3. The van der Waals surface area contributed by atoms with Crippen LogP contribution in [0, 0.1) is 60.1 Å². The number of fused-ring (bicyclic) bond motifs is 1. The van der Waals surface area contributed by atoms with Crippen molar-refractivity contribution in [3.63, 3.8) is 0 Å². The van der Waals surface area contributed by atoms with E-state index in [9.17, 15) is 8.78 Å². The molecule has 0 aliphatic carbocycles. The van der Waals surface area contributed by atoms with Gasteiger partial charge in [-0.1, -0.05) is 418 Å². The van der Waals surface area contributed by atoms with Crippen molar-refractivity contribution in [3.05, 3.63) is 469 Å². The zero-order valence-electron chi connectivity index (χ0n) is 66.0. The fraction of sp³-hybridized carbons (Fsp3) is 0.113. The largest absolute Gasteiger partial charge is 0.345 e. The number of halogens is 2. The smallest absolute Gasteiger partial charge is 0.127 e. The summed E-state index contributed by atoms with van der Waals surface area (Å²) >= 11 is 0. The van der Waals surface area contributed by atoms with Crippen molar-refractivity contribution in [3.8, 4) is 66.8 Å². The molecule has 1 nitrogen and oxygen atoms in total. The first kappa shape index (κ1) is 83.3. The summed E-state index contributed by atoms with van der Waals surface area (Å²) in [4.78, 5) is 2.17. The molecule has 16 aromatic rings. The van der Waals surface area contributed by atoms with Gasteiger partial charge in [-0.15, -0.1) is 0 Å². The average molecular weight is 1460 g/mol. The first-order valence-corrected chi connectivity index (χ1v) is 41.6. The summed E-state index contributed by atoms with van der Waals surface area (Å²) in [5, 5.41) is 2.34. The van der Waals surface area contributed by atoms with Gasteiger partial charge in [-0.05, 0) is 191 Å². The topological polar surface area (TPSA) is 3.24 Å². The molecule has 0 amide bonds. The Hall–Kier alpha value is -12.3. The number of nitrogens with zero attached hydrogens (tertiary/aromatic N) is 1. The lowest BCUT2D eigenvalue weighted by molar-refractivity contribution is 0.619. The van der Waals surface area contributed by atoms with Crippen molar-refractivity contribution in [2.24, 2.45) is 0 Å². The number of aryl methyl sites for hydroxylation is 6. The second kappa shape index (κ2) is 44.7. The lowest BCUT2D eigenvalue weighted by atomic mass is 9.95. The third-order valence-electron chi connectivity index (χ3n) is 17.4. The molecule has 0 aliphatic rings. The van der Waals surface area contributed by atoms with Crippen molar-refractivity contribution in [1.82, 2.24) is 0 Å². The zero-order valence-corrected chi connectivity index (χ0v) is 67.0. The summed E-state index contributed by atoms with van der Waals surface area (Å²) in [7, 11) is 1.46. The average Bonchev–Trinajstić information content (AvgIpc) is 0.806. The van der Waals surface area contributed by atoms with E-state index >= 15 is 0 Å². The molecule has 0 unspecified atom stereocenters. The number of anilines is 2. The van der Waals surface area contributed by atoms with Gasteiger partial charge in [0.1, 0.15) is 11.6 Å². The molecule has 4 heteroatoms. The fourth-order valence-corrected chi connectivity index (χ4v) is 11.6. The lowest BCUT2D eigenvalue weighted by Gasteiger charge is -2.18. The molecule has 0 saturated heterocycles. The number of para-hydroxylation sites is 2. The van der Waals surface area contributed by atoms with Gasteiger partial charge < -0.3 is 4.90 Å². The second-order valence-corrected chi connectivity index (χ2v) is 34.6. The Kier molecular flexibility index (Phi) is 33.9. The quantitative estimate of drug-likeness (QED) is 0.137. The van der Waals surface area contributed by atoms with Crippen molar-refractivity contribution in [2.75, 3.05) is 11.9 Å². The van der Waals surface area contributed by atoms with Crippen LogP contribution in [0.25, 0.3) is 77.5 Å². The van der Waals surface area contributed by atoms with Crippen molar-refractivity contribution < 1.29 is 8.78 Å². The summed E-state index contributed by atoms with van der Waals surface area (Å²) in [6.45, 7) is 23.6. The van der Waals surface area contributed by atoms with Crippen molar-refractivity contribution >= 4 is 30.2 Å². The normalized spacial score (nSPS) is 10.1. The van der Waals surface area contributed by atoms with Crippen molar-refractivity contribution in [1.29, 1.82) is 0 Å². The Bertz CT molecular complexity index is 5120. The minimum absolute atomic E-state index is 0.162. The molecule has 552 valence electrons. The van der Waals surface area contributed by atoms with Crippen LogP contribution in [-0.4, -0.2) is 15.1 Å². The van der Waals surface area contributed by atoms with Crippen molar-refractivity contribution in [2.45, 2.75) is 74.7 Å². The molecule has 0 radical (unpaired) electrons. The van der Waals surface area contributed by atoms with Crippen LogP contribution in [0.15, 0.2) is 419 Å². The second-order valence-electron chi connectivity index (χ2n) is 28.6. The Morgan fingerprint density at radius 2 is 0.555 bits per heavy atom. The molecule has 110 heavy (non-hydrogen) atoms. The predicted octanol–water partition coefficient (Wildman–Crippen LogP) is 30.8. The van der Waals surface area contributed by atoms with E-state index in [1.807, 2.05) is 172 Å². The lowest BCUT2D eigenvalue weighted by Crippen LogP contribution is -2.10. The van der Waals surface area contributed by atoms with E-state index in [1.165, 1.54) is 78.0 Å². The van der Waals surface area contributed by atoms with E-state index in [0.29, 0.717) is 5.56 Å². The summed E-state index contributed by atoms with van der Waals surface area (Å²) in [6.07, 6.45) is 0. The van der Waals surface area contributed by atoms with E-state index in [-0.39, 0.29) is 11.6 Å². The van der Waals surface area contributed by atoms with Crippen LogP contribution < -0.4 is 4.90 Å². The highest BCUT2D eigenvalue weighted by Gasteiger charge is 2.11. The van der Waals surface area contributed by atoms with Gasteiger partial charge in [0.05, 0.1) is 0 Å². The van der Waals surface area contributed by atoms with Crippen LogP contribution in [0.2, 0.25) is 26.2 Å². The highest BCUT2D eigenvalue weighted by Crippen LogP contribution is 2.33. The fourth-order valence-electron chi connectivity index (χ4n) is 11.6. The standard InChI is InChI=1S/C19H15F.C17H13F.C13H13N.3C13H12.2C7H8.C4H12Si/c1-14-18(16-10-6-3-7-11-16)12-17(13-19(14)20)15-8-4-2-5-9-15;1-12-9-14(11-15(18)10-12)17-8-4-6-13-5-2-3-7-16(13)17;1-14(12-8-4-2-5-9-12)13-10-6-3-7-11-13;1-11-7-5-6-10-13(11)12-8-3-2-4-9-12;1-11-6-5-9-13(10-11)12-7-3-2-4-8-12;1-11-7-9-13(10-8-11)12-5-3-2-4-6-12;2*1-7-5-3-2-4-6-7;1-5(2,3)4/h2-13H,1H3;2-11H,1H3;2-11H,1H3;3*2-10H,1H3;2*2-6H,1H3;1-4H3. The molecule has 16 aromatic carbocycles. The zero-order chi connectivity index (χ0) is 78.3. The third kappa shape index (κ3) is 29.1. The van der Waals surface area contributed by atoms with E-state index in [4.69, 9.17) is 0 Å². The van der Waals surface area contributed by atoms with E-state index in [1.54, 1.807) is 18.2 Å². The monoisotopic (exact) mass is 1460 g/mol. The van der Waals surface area contributed by atoms with Gasteiger partial charge in [0.15, 0.2) is 0 Å². The van der Waals surface area contributed by atoms with Crippen LogP contribution in [0.4, 0.5) is 20.2 Å². The predicted molar refractivity (Wildman–Crippen MR) is 478 cm³/mol. The first-order chi connectivity index (χ1) is 53.3. The molecule has 16 rings (SSSR count). The molecular weight excluding hydrogens is 1350 g/mol.